The van der Waals surface area contributed by atoms with Crippen molar-refractivity contribution in [2.24, 2.45) is 11.3 Å². The molecule has 1 fully saturated rings. The molecule has 0 radical (unpaired) electrons. The minimum absolute atomic E-state index is 0.228. The molecule has 3 heteroatoms. The maximum absolute atomic E-state index is 12.1. The average molecular weight is 226 g/mol. The van der Waals surface area contributed by atoms with Crippen molar-refractivity contribution in [3.8, 4) is 0 Å². The van der Waals surface area contributed by atoms with Crippen LogP contribution >= 0.6 is 0 Å². The van der Waals surface area contributed by atoms with Gasteiger partial charge in [-0.25, -0.2) is 0 Å². The van der Waals surface area contributed by atoms with Gasteiger partial charge in [-0.05, 0) is 31.8 Å². The number of carbonyl (C=O) groups is 1. The molecule has 0 aromatic carbocycles. The lowest BCUT2D eigenvalue weighted by molar-refractivity contribution is -0.140. The molecule has 0 aromatic heterocycles. The van der Waals surface area contributed by atoms with E-state index >= 15 is 0 Å². The summed E-state index contributed by atoms with van der Waals surface area (Å²) in [5.41, 5.74) is -0.228. The zero-order valence-electron chi connectivity index (χ0n) is 11.2. The minimum atomic E-state index is -0.228. The lowest BCUT2D eigenvalue weighted by atomic mass is 9.91. The van der Waals surface area contributed by atoms with Crippen LogP contribution in [0.3, 0.4) is 0 Å². The molecule has 0 aliphatic carbocycles. The van der Waals surface area contributed by atoms with Crippen LogP contribution in [0.15, 0.2) is 0 Å². The quantitative estimate of drug-likeness (QED) is 0.797. The first-order valence-electron chi connectivity index (χ1n) is 6.45. The second-order valence-corrected chi connectivity index (χ2v) is 5.79. The van der Waals surface area contributed by atoms with Crippen molar-refractivity contribution >= 4 is 5.91 Å². The van der Waals surface area contributed by atoms with Crippen molar-refractivity contribution in [2.75, 3.05) is 26.2 Å². The third-order valence-electron chi connectivity index (χ3n) is 3.23. The number of amides is 1. The molecule has 0 bridgehead atoms. The van der Waals surface area contributed by atoms with Crippen LogP contribution in [-0.4, -0.2) is 37.0 Å². The van der Waals surface area contributed by atoms with Crippen LogP contribution in [0.4, 0.5) is 0 Å². The predicted octanol–water partition coefficient (Wildman–Crippen LogP) is 1.88. The number of hydrogen-bond donors (Lipinski definition) is 1. The number of hydrogen-bond acceptors (Lipinski definition) is 2. The third-order valence-corrected chi connectivity index (χ3v) is 3.23. The van der Waals surface area contributed by atoms with Crippen LogP contribution in [0.5, 0.6) is 0 Å². The number of likely N-dealkylation sites (tertiary alicyclic amines) is 1. The summed E-state index contributed by atoms with van der Waals surface area (Å²) in [4.78, 5) is 14.1. The summed E-state index contributed by atoms with van der Waals surface area (Å²) in [6.45, 7) is 12.2. The van der Waals surface area contributed by atoms with Crippen molar-refractivity contribution < 1.29 is 4.79 Å². The highest BCUT2D eigenvalue weighted by Gasteiger charge is 2.29. The molecular weight excluding hydrogens is 200 g/mol. The summed E-state index contributed by atoms with van der Waals surface area (Å²) in [6, 6.07) is 0. The SMILES string of the molecule is CCNCC1CCN(C(=O)C(C)(C)C)CC1. The van der Waals surface area contributed by atoms with Gasteiger partial charge >= 0.3 is 0 Å². The Hall–Kier alpha value is -0.570. The third kappa shape index (κ3) is 3.78. The van der Waals surface area contributed by atoms with Gasteiger partial charge in [-0.2, -0.15) is 0 Å². The van der Waals surface area contributed by atoms with Gasteiger partial charge in [0.05, 0.1) is 0 Å². The van der Waals surface area contributed by atoms with Gasteiger partial charge in [-0.3, -0.25) is 4.79 Å². The average Bonchev–Trinajstić information content (AvgIpc) is 2.25. The van der Waals surface area contributed by atoms with E-state index in [2.05, 4.69) is 12.2 Å². The summed E-state index contributed by atoms with van der Waals surface area (Å²) in [7, 11) is 0. The van der Waals surface area contributed by atoms with Crippen LogP contribution < -0.4 is 5.32 Å². The number of carbonyl (C=O) groups excluding carboxylic acids is 1. The topological polar surface area (TPSA) is 32.3 Å². The van der Waals surface area contributed by atoms with E-state index in [4.69, 9.17) is 0 Å². The van der Waals surface area contributed by atoms with Gasteiger partial charge < -0.3 is 10.2 Å². The first-order valence-corrected chi connectivity index (χ1v) is 6.45. The zero-order valence-corrected chi connectivity index (χ0v) is 11.2. The summed E-state index contributed by atoms with van der Waals surface area (Å²) in [5.74, 6) is 1.05. The Kier molecular flexibility index (Phi) is 4.78. The maximum Gasteiger partial charge on any atom is 0.227 e. The van der Waals surface area contributed by atoms with E-state index in [1.165, 1.54) is 0 Å². The predicted molar refractivity (Wildman–Crippen MR) is 67.3 cm³/mol. The van der Waals surface area contributed by atoms with Gasteiger partial charge in [0.2, 0.25) is 5.91 Å². The molecule has 1 aliphatic heterocycles. The zero-order chi connectivity index (χ0) is 12.2. The normalized spacial score (nSPS) is 18.9. The van der Waals surface area contributed by atoms with Crippen molar-refractivity contribution in [3.63, 3.8) is 0 Å². The van der Waals surface area contributed by atoms with E-state index in [9.17, 15) is 4.79 Å². The second-order valence-electron chi connectivity index (χ2n) is 5.79. The van der Waals surface area contributed by atoms with Crippen LogP contribution in [-0.2, 0) is 4.79 Å². The molecule has 0 atom stereocenters. The van der Waals surface area contributed by atoms with Gasteiger partial charge in [0, 0.05) is 18.5 Å². The molecule has 1 amide bonds. The molecule has 0 aromatic rings. The van der Waals surface area contributed by atoms with Crippen molar-refractivity contribution in [2.45, 2.75) is 40.5 Å². The molecule has 0 saturated carbocycles. The van der Waals surface area contributed by atoms with E-state index in [0.717, 1.165) is 44.9 Å². The standard InChI is InChI=1S/C13H26N2O/c1-5-14-10-11-6-8-15(9-7-11)12(16)13(2,3)4/h11,14H,5-10H2,1-4H3. The maximum atomic E-state index is 12.1. The van der Waals surface area contributed by atoms with Gasteiger partial charge in [0.15, 0.2) is 0 Å². The van der Waals surface area contributed by atoms with Gasteiger partial charge in [0.25, 0.3) is 0 Å². The molecule has 0 spiro atoms. The highest BCUT2D eigenvalue weighted by molar-refractivity contribution is 5.81. The van der Waals surface area contributed by atoms with Crippen LogP contribution in [0.1, 0.15) is 40.5 Å². The minimum Gasteiger partial charge on any atom is -0.342 e. The Morgan fingerprint density at radius 2 is 1.88 bits per heavy atom. The van der Waals surface area contributed by atoms with E-state index in [1.54, 1.807) is 0 Å². The number of rotatable bonds is 3. The molecule has 0 unspecified atom stereocenters. The summed E-state index contributed by atoms with van der Waals surface area (Å²) >= 11 is 0. The van der Waals surface area contributed by atoms with Crippen LogP contribution in [0, 0.1) is 11.3 Å². The fourth-order valence-electron chi connectivity index (χ4n) is 2.16. The van der Waals surface area contributed by atoms with Gasteiger partial charge in [-0.1, -0.05) is 27.7 Å². The van der Waals surface area contributed by atoms with E-state index in [-0.39, 0.29) is 5.41 Å². The Bertz CT molecular complexity index is 225. The highest BCUT2D eigenvalue weighted by Crippen LogP contribution is 2.23. The first-order chi connectivity index (χ1) is 7.45. The number of piperidine rings is 1. The Morgan fingerprint density at radius 1 is 1.31 bits per heavy atom. The fourth-order valence-corrected chi connectivity index (χ4v) is 2.16. The summed E-state index contributed by atoms with van der Waals surface area (Å²) in [5, 5.41) is 3.39. The molecule has 1 N–H and O–H groups in total. The lowest BCUT2D eigenvalue weighted by Gasteiger charge is -2.35. The highest BCUT2D eigenvalue weighted by atomic mass is 16.2. The Labute approximate surface area is 99.6 Å². The monoisotopic (exact) mass is 226 g/mol. The molecule has 16 heavy (non-hydrogen) atoms. The first kappa shape index (κ1) is 13.5. The second kappa shape index (κ2) is 5.67. The fraction of sp³-hybridized carbons (Fsp3) is 0.923. The number of nitrogens with zero attached hydrogens (tertiary/aromatic N) is 1. The molecule has 94 valence electrons. The molecule has 3 nitrogen and oxygen atoms in total. The Balaban J connectivity index is 2.34. The van der Waals surface area contributed by atoms with Gasteiger partial charge in [0.1, 0.15) is 0 Å². The van der Waals surface area contributed by atoms with Crippen molar-refractivity contribution in [3.05, 3.63) is 0 Å². The smallest absolute Gasteiger partial charge is 0.227 e. The molecule has 1 heterocycles. The van der Waals surface area contributed by atoms with Crippen LogP contribution in [0.25, 0.3) is 0 Å². The summed E-state index contributed by atoms with van der Waals surface area (Å²) < 4.78 is 0. The molecular formula is C13H26N2O. The van der Waals surface area contributed by atoms with Crippen LogP contribution in [0.2, 0.25) is 0 Å². The molecule has 1 saturated heterocycles. The van der Waals surface area contributed by atoms with Gasteiger partial charge in [-0.15, -0.1) is 0 Å². The van der Waals surface area contributed by atoms with E-state index in [0.29, 0.717) is 5.91 Å². The van der Waals surface area contributed by atoms with Crippen molar-refractivity contribution in [1.29, 1.82) is 0 Å². The largest absolute Gasteiger partial charge is 0.342 e. The lowest BCUT2D eigenvalue weighted by Crippen LogP contribution is -2.45. The van der Waals surface area contributed by atoms with Crippen molar-refractivity contribution in [1.82, 2.24) is 10.2 Å². The summed E-state index contributed by atoms with van der Waals surface area (Å²) in [6.07, 6.45) is 2.30. The Morgan fingerprint density at radius 3 is 2.31 bits per heavy atom. The number of nitrogens with one attached hydrogen (secondary N) is 1. The molecule has 1 rings (SSSR count). The van der Waals surface area contributed by atoms with E-state index in [1.807, 2.05) is 25.7 Å². The van der Waals surface area contributed by atoms with E-state index < -0.39 is 0 Å². The molecule has 1 aliphatic rings.